The van der Waals surface area contributed by atoms with Crippen LogP contribution < -0.4 is 4.90 Å². The molecular formula is C19H23FN2O2S. The van der Waals surface area contributed by atoms with Crippen LogP contribution in [0.25, 0.3) is 0 Å². The number of anilines is 1. The van der Waals surface area contributed by atoms with Crippen LogP contribution in [0.3, 0.4) is 0 Å². The summed E-state index contributed by atoms with van der Waals surface area (Å²) in [4.78, 5) is 1.99. The third-order valence-corrected chi connectivity index (χ3v) is 6.59. The molecule has 0 aliphatic carbocycles. The second-order valence-corrected chi connectivity index (χ2v) is 8.58. The SMILES string of the molecule is Cc1ccc(S(=O)(=O)N2CCCC2c2ccc(N(C)C)c(F)c2)cc1. The van der Waals surface area contributed by atoms with E-state index in [1.165, 1.54) is 10.4 Å². The Morgan fingerprint density at radius 2 is 1.80 bits per heavy atom. The molecule has 1 aliphatic heterocycles. The van der Waals surface area contributed by atoms with Gasteiger partial charge < -0.3 is 4.90 Å². The zero-order valence-corrected chi connectivity index (χ0v) is 15.6. The molecule has 3 rings (SSSR count). The fraction of sp³-hybridized carbons (Fsp3) is 0.368. The van der Waals surface area contributed by atoms with Crippen molar-refractivity contribution in [2.45, 2.75) is 30.7 Å². The molecule has 2 aromatic carbocycles. The highest BCUT2D eigenvalue weighted by Crippen LogP contribution is 2.37. The van der Waals surface area contributed by atoms with Crippen LogP contribution in [0.4, 0.5) is 10.1 Å². The van der Waals surface area contributed by atoms with Crippen LogP contribution in [0.2, 0.25) is 0 Å². The molecule has 134 valence electrons. The zero-order valence-electron chi connectivity index (χ0n) is 14.7. The quantitative estimate of drug-likeness (QED) is 0.832. The van der Waals surface area contributed by atoms with Gasteiger partial charge in [-0.25, -0.2) is 12.8 Å². The van der Waals surface area contributed by atoms with E-state index < -0.39 is 10.0 Å². The molecule has 6 heteroatoms. The van der Waals surface area contributed by atoms with Gasteiger partial charge in [0, 0.05) is 20.6 Å². The number of hydrogen-bond donors (Lipinski definition) is 0. The standard InChI is InChI=1S/C19H23FN2O2S/c1-14-6-9-16(10-7-14)25(23,24)22-12-4-5-18(22)15-8-11-19(21(2)3)17(20)13-15/h6-11,13,18H,4-5,12H2,1-3H3. The minimum atomic E-state index is -3.59. The Balaban J connectivity index is 1.95. The van der Waals surface area contributed by atoms with Gasteiger partial charge >= 0.3 is 0 Å². The average molecular weight is 362 g/mol. The van der Waals surface area contributed by atoms with Crippen LogP contribution in [0, 0.1) is 12.7 Å². The molecular weight excluding hydrogens is 339 g/mol. The molecule has 0 saturated carbocycles. The summed E-state index contributed by atoms with van der Waals surface area (Å²) < 4.78 is 41.9. The summed E-state index contributed by atoms with van der Waals surface area (Å²) in [5, 5.41) is 0. The smallest absolute Gasteiger partial charge is 0.243 e. The first kappa shape index (κ1) is 17.9. The lowest BCUT2D eigenvalue weighted by molar-refractivity contribution is 0.395. The number of benzene rings is 2. The van der Waals surface area contributed by atoms with E-state index in [4.69, 9.17) is 0 Å². The van der Waals surface area contributed by atoms with Crippen LogP contribution >= 0.6 is 0 Å². The van der Waals surface area contributed by atoms with E-state index >= 15 is 0 Å². The molecule has 0 spiro atoms. The first-order valence-corrected chi connectivity index (χ1v) is 9.80. The maximum absolute atomic E-state index is 14.3. The molecule has 0 radical (unpaired) electrons. The Kier molecular flexibility index (Phi) is 4.84. The first-order chi connectivity index (χ1) is 11.8. The third-order valence-electron chi connectivity index (χ3n) is 4.67. The Morgan fingerprint density at radius 1 is 1.12 bits per heavy atom. The molecule has 25 heavy (non-hydrogen) atoms. The largest absolute Gasteiger partial charge is 0.375 e. The van der Waals surface area contributed by atoms with Gasteiger partial charge in [0.1, 0.15) is 5.82 Å². The van der Waals surface area contributed by atoms with Gasteiger partial charge in [-0.05, 0) is 49.6 Å². The van der Waals surface area contributed by atoms with Crippen LogP contribution in [0.5, 0.6) is 0 Å². The van der Waals surface area contributed by atoms with E-state index in [1.807, 2.05) is 13.0 Å². The van der Waals surface area contributed by atoms with Crippen molar-refractivity contribution in [1.82, 2.24) is 4.31 Å². The second kappa shape index (κ2) is 6.77. The third kappa shape index (κ3) is 3.41. The van der Waals surface area contributed by atoms with Crippen molar-refractivity contribution in [3.05, 3.63) is 59.4 Å². The zero-order chi connectivity index (χ0) is 18.2. The minimum Gasteiger partial charge on any atom is -0.375 e. The van der Waals surface area contributed by atoms with Crippen molar-refractivity contribution in [1.29, 1.82) is 0 Å². The lowest BCUT2D eigenvalue weighted by Crippen LogP contribution is -2.30. The fourth-order valence-corrected chi connectivity index (χ4v) is 4.98. The van der Waals surface area contributed by atoms with Gasteiger partial charge in [-0.2, -0.15) is 4.31 Å². The van der Waals surface area contributed by atoms with E-state index in [2.05, 4.69) is 0 Å². The Labute approximate surface area is 148 Å². The molecule has 1 unspecified atom stereocenters. The summed E-state index contributed by atoms with van der Waals surface area (Å²) in [6, 6.07) is 11.5. The topological polar surface area (TPSA) is 40.6 Å². The van der Waals surface area contributed by atoms with E-state index in [0.717, 1.165) is 12.0 Å². The first-order valence-electron chi connectivity index (χ1n) is 8.36. The van der Waals surface area contributed by atoms with E-state index in [0.29, 0.717) is 24.2 Å². The average Bonchev–Trinajstić information content (AvgIpc) is 3.05. The maximum Gasteiger partial charge on any atom is 0.243 e. The van der Waals surface area contributed by atoms with Crippen LogP contribution in [0.1, 0.15) is 30.0 Å². The number of aryl methyl sites for hydroxylation is 1. The number of sulfonamides is 1. The van der Waals surface area contributed by atoms with Gasteiger partial charge in [0.05, 0.1) is 16.6 Å². The molecule has 1 fully saturated rings. The number of halogens is 1. The lowest BCUT2D eigenvalue weighted by Gasteiger charge is -2.25. The molecule has 1 atom stereocenters. The molecule has 0 aromatic heterocycles. The van der Waals surface area contributed by atoms with Crippen molar-refractivity contribution >= 4 is 15.7 Å². The monoisotopic (exact) mass is 362 g/mol. The van der Waals surface area contributed by atoms with Crippen LogP contribution in [-0.2, 0) is 10.0 Å². The van der Waals surface area contributed by atoms with E-state index in [1.54, 1.807) is 49.3 Å². The van der Waals surface area contributed by atoms with Gasteiger partial charge in [-0.15, -0.1) is 0 Å². The Morgan fingerprint density at radius 3 is 2.40 bits per heavy atom. The number of nitrogens with zero attached hydrogens (tertiary/aromatic N) is 2. The molecule has 1 saturated heterocycles. The Hall–Kier alpha value is -1.92. The van der Waals surface area contributed by atoms with Gasteiger partial charge in [-0.3, -0.25) is 0 Å². The predicted octanol–water partition coefficient (Wildman–Crippen LogP) is 3.73. The summed E-state index contributed by atoms with van der Waals surface area (Å²) in [5.74, 6) is -0.331. The van der Waals surface area contributed by atoms with Crippen molar-refractivity contribution in [2.75, 3.05) is 25.5 Å². The summed E-state index contributed by atoms with van der Waals surface area (Å²) in [7, 11) is -0.0325. The van der Waals surface area contributed by atoms with Crippen molar-refractivity contribution in [3.63, 3.8) is 0 Å². The van der Waals surface area contributed by atoms with Gasteiger partial charge in [-0.1, -0.05) is 23.8 Å². The summed E-state index contributed by atoms with van der Waals surface area (Å²) in [6.45, 7) is 2.38. The normalized spacial score (nSPS) is 18.5. The predicted molar refractivity (Wildman–Crippen MR) is 97.8 cm³/mol. The minimum absolute atomic E-state index is 0.287. The molecule has 0 amide bonds. The van der Waals surface area contributed by atoms with Crippen LogP contribution in [0.15, 0.2) is 47.4 Å². The maximum atomic E-state index is 14.3. The van der Waals surface area contributed by atoms with E-state index in [9.17, 15) is 12.8 Å². The summed E-state index contributed by atoms with van der Waals surface area (Å²) in [5.41, 5.74) is 2.21. The molecule has 4 nitrogen and oxygen atoms in total. The summed E-state index contributed by atoms with van der Waals surface area (Å²) >= 11 is 0. The highest BCUT2D eigenvalue weighted by atomic mass is 32.2. The van der Waals surface area contributed by atoms with Crippen molar-refractivity contribution in [2.24, 2.45) is 0 Å². The molecule has 1 heterocycles. The highest BCUT2D eigenvalue weighted by molar-refractivity contribution is 7.89. The van der Waals surface area contributed by atoms with Crippen molar-refractivity contribution < 1.29 is 12.8 Å². The number of rotatable bonds is 4. The second-order valence-electron chi connectivity index (χ2n) is 6.69. The van der Waals surface area contributed by atoms with Gasteiger partial charge in [0.25, 0.3) is 0 Å². The van der Waals surface area contributed by atoms with Gasteiger partial charge in [0.15, 0.2) is 0 Å². The van der Waals surface area contributed by atoms with Gasteiger partial charge in [0.2, 0.25) is 10.0 Å². The molecule has 0 bridgehead atoms. The highest BCUT2D eigenvalue weighted by Gasteiger charge is 2.36. The van der Waals surface area contributed by atoms with Crippen molar-refractivity contribution in [3.8, 4) is 0 Å². The van der Waals surface area contributed by atoms with Crippen LogP contribution in [-0.4, -0.2) is 33.4 Å². The number of hydrogen-bond acceptors (Lipinski definition) is 3. The van der Waals surface area contributed by atoms with E-state index in [-0.39, 0.29) is 16.8 Å². The molecule has 0 N–H and O–H groups in total. The Bertz CT molecular complexity index is 863. The lowest BCUT2D eigenvalue weighted by atomic mass is 10.0. The molecule has 1 aliphatic rings. The summed E-state index contributed by atoms with van der Waals surface area (Å²) in [6.07, 6.45) is 1.47. The molecule has 2 aromatic rings. The fourth-order valence-electron chi connectivity index (χ4n) is 3.30.